The molecule has 1 heterocycles. The molecule has 0 radical (unpaired) electrons. The van der Waals surface area contributed by atoms with Gasteiger partial charge in [-0.15, -0.1) is 10.2 Å². The summed E-state index contributed by atoms with van der Waals surface area (Å²) in [7, 11) is 0. The highest BCUT2D eigenvalue weighted by Crippen LogP contribution is 2.29. The summed E-state index contributed by atoms with van der Waals surface area (Å²) in [5.41, 5.74) is 0.810. The Bertz CT molecular complexity index is 945. The number of nitrogens with zero attached hydrogens (tertiary/aromatic N) is 3. The molecule has 3 rings (SSSR count). The Morgan fingerprint density at radius 1 is 1.15 bits per heavy atom. The second-order valence-corrected chi connectivity index (χ2v) is 6.87. The second-order valence-electron chi connectivity index (χ2n) is 5.93. The number of rotatable bonds is 6. The minimum absolute atomic E-state index is 0.00603. The quantitative estimate of drug-likeness (QED) is 0.466. The standard InChI is InChI=1S/C19H17F2N3O2S/c1-12(2)26-17(25)11-27-19-23-22-18(13-6-4-3-5-7-13)24(19)16-9-8-14(20)10-15(16)21/h3-10,12H,11H2,1-2H3. The predicted molar refractivity (Wildman–Crippen MR) is 98.7 cm³/mol. The average molecular weight is 389 g/mol. The van der Waals surface area contributed by atoms with Gasteiger partial charge in [0, 0.05) is 11.6 Å². The fourth-order valence-electron chi connectivity index (χ4n) is 2.44. The summed E-state index contributed by atoms with van der Waals surface area (Å²) < 4.78 is 34.4. The van der Waals surface area contributed by atoms with Gasteiger partial charge in [-0.25, -0.2) is 8.78 Å². The molecule has 0 fully saturated rings. The summed E-state index contributed by atoms with van der Waals surface area (Å²) in [4.78, 5) is 11.8. The van der Waals surface area contributed by atoms with Crippen LogP contribution in [0.25, 0.3) is 17.1 Å². The first-order chi connectivity index (χ1) is 13.0. The molecule has 0 spiro atoms. The molecule has 2 aromatic carbocycles. The Morgan fingerprint density at radius 3 is 2.56 bits per heavy atom. The van der Waals surface area contributed by atoms with E-state index < -0.39 is 17.6 Å². The molecule has 1 aromatic heterocycles. The predicted octanol–water partition coefficient (Wildman–Crippen LogP) is 4.26. The van der Waals surface area contributed by atoms with Gasteiger partial charge in [0.1, 0.15) is 11.6 Å². The summed E-state index contributed by atoms with van der Waals surface area (Å²) in [6, 6.07) is 12.4. The van der Waals surface area contributed by atoms with E-state index in [9.17, 15) is 13.6 Å². The van der Waals surface area contributed by atoms with Crippen molar-refractivity contribution < 1.29 is 18.3 Å². The van der Waals surface area contributed by atoms with Crippen LogP contribution in [0.1, 0.15) is 13.8 Å². The highest BCUT2D eigenvalue weighted by molar-refractivity contribution is 7.99. The number of esters is 1. The number of halogens is 2. The largest absolute Gasteiger partial charge is 0.462 e. The molecule has 0 aliphatic carbocycles. The van der Waals surface area contributed by atoms with E-state index in [1.165, 1.54) is 10.6 Å². The molecule has 0 aliphatic heterocycles. The Labute approximate surface area is 159 Å². The van der Waals surface area contributed by atoms with E-state index in [1.807, 2.05) is 30.3 Å². The van der Waals surface area contributed by atoms with Crippen molar-refractivity contribution in [1.82, 2.24) is 14.8 Å². The fourth-order valence-corrected chi connectivity index (χ4v) is 3.17. The Balaban J connectivity index is 2.01. The maximum absolute atomic E-state index is 14.4. The van der Waals surface area contributed by atoms with Crippen molar-refractivity contribution in [3.05, 3.63) is 60.2 Å². The highest BCUT2D eigenvalue weighted by atomic mass is 32.2. The Hall–Kier alpha value is -2.74. The molecule has 27 heavy (non-hydrogen) atoms. The van der Waals surface area contributed by atoms with Crippen molar-refractivity contribution in [2.75, 3.05) is 5.75 Å². The van der Waals surface area contributed by atoms with Crippen molar-refractivity contribution in [3.63, 3.8) is 0 Å². The third-order valence-electron chi connectivity index (χ3n) is 3.50. The SMILES string of the molecule is CC(C)OC(=O)CSc1nnc(-c2ccccc2)n1-c1ccc(F)cc1F. The van der Waals surface area contributed by atoms with E-state index in [4.69, 9.17) is 4.74 Å². The number of ether oxygens (including phenoxy) is 1. The maximum Gasteiger partial charge on any atom is 0.316 e. The minimum atomic E-state index is -0.751. The van der Waals surface area contributed by atoms with Crippen LogP contribution in [0.3, 0.4) is 0 Å². The van der Waals surface area contributed by atoms with Crippen molar-refractivity contribution in [2.24, 2.45) is 0 Å². The van der Waals surface area contributed by atoms with Gasteiger partial charge in [0.2, 0.25) is 0 Å². The van der Waals surface area contributed by atoms with Crippen LogP contribution in [0.5, 0.6) is 0 Å². The van der Waals surface area contributed by atoms with Gasteiger partial charge in [0.25, 0.3) is 0 Å². The Morgan fingerprint density at radius 2 is 1.89 bits per heavy atom. The summed E-state index contributed by atoms with van der Waals surface area (Å²) in [6.45, 7) is 3.51. The minimum Gasteiger partial charge on any atom is -0.462 e. The van der Waals surface area contributed by atoms with Crippen LogP contribution in [0.4, 0.5) is 8.78 Å². The van der Waals surface area contributed by atoms with Crippen LogP contribution in [-0.4, -0.2) is 32.6 Å². The third kappa shape index (κ3) is 4.51. The first kappa shape index (κ1) is 19.0. The average Bonchev–Trinajstić information content (AvgIpc) is 3.04. The molecule has 0 N–H and O–H groups in total. The molecule has 140 valence electrons. The van der Waals surface area contributed by atoms with Crippen LogP contribution < -0.4 is 0 Å². The number of hydrogen-bond acceptors (Lipinski definition) is 5. The van der Waals surface area contributed by atoms with E-state index in [-0.39, 0.29) is 17.5 Å². The molecule has 5 nitrogen and oxygen atoms in total. The molecular formula is C19H17F2N3O2S. The summed E-state index contributed by atoms with van der Waals surface area (Å²) >= 11 is 1.07. The first-order valence-electron chi connectivity index (χ1n) is 8.24. The highest BCUT2D eigenvalue weighted by Gasteiger charge is 2.20. The lowest BCUT2D eigenvalue weighted by molar-refractivity contribution is -0.144. The fraction of sp³-hybridized carbons (Fsp3) is 0.211. The van der Waals surface area contributed by atoms with Crippen molar-refractivity contribution in [3.8, 4) is 17.1 Å². The van der Waals surface area contributed by atoms with Gasteiger partial charge in [0.05, 0.1) is 17.5 Å². The zero-order valence-corrected chi connectivity index (χ0v) is 15.5. The zero-order chi connectivity index (χ0) is 19.4. The van der Waals surface area contributed by atoms with Crippen LogP contribution in [0.15, 0.2) is 53.7 Å². The second kappa shape index (κ2) is 8.30. The molecule has 0 amide bonds. The lowest BCUT2D eigenvalue weighted by Crippen LogP contribution is -2.13. The number of aromatic nitrogens is 3. The van der Waals surface area contributed by atoms with Crippen LogP contribution >= 0.6 is 11.8 Å². The van der Waals surface area contributed by atoms with Crippen molar-refractivity contribution in [1.29, 1.82) is 0 Å². The maximum atomic E-state index is 14.4. The van der Waals surface area contributed by atoms with Gasteiger partial charge in [-0.3, -0.25) is 9.36 Å². The van der Waals surface area contributed by atoms with E-state index in [0.717, 1.165) is 23.9 Å². The van der Waals surface area contributed by atoms with Gasteiger partial charge in [0.15, 0.2) is 11.0 Å². The summed E-state index contributed by atoms with van der Waals surface area (Å²) in [6.07, 6.45) is -0.231. The third-order valence-corrected chi connectivity index (χ3v) is 4.40. The number of benzene rings is 2. The van der Waals surface area contributed by atoms with Crippen molar-refractivity contribution >= 4 is 17.7 Å². The van der Waals surface area contributed by atoms with E-state index >= 15 is 0 Å². The molecule has 0 aliphatic rings. The van der Waals surface area contributed by atoms with Crippen LogP contribution in [-0.2, 0) is 9.53 Å². The van der Waals surface area contributed by atoms with Gasteiger partial charge in [-0.05, 0) is 26.0 Å². The van der Waals surface area contributed by atoms with Gasteiger partial charge in [-0.1, -0.05) is 42.1 Å². The van der Waals surface area contributed by atoms with Crippen LogP contribution in [0.2, 0.25) is 0 Å². The smallest absolute Gasteiger partial charge is 0.316 e. The molecule has 0 bridgehead atoms. The van der Waals surface area contributed by atoms with E-state index in [1.54, 1.807) is 13.8 Å². The van der Waals surface area contributed by atoms with Crippen LogP contribution in [0, 0.1) is 11.6 Å². The molecule has 0 unspecified atom stereocenters. The monoisotopic (exact) mass is 389 g/mol. The van der Waals surface area contributed by atoms with Gasteiger partial charge < -0.3 is 4.74 Å². The topological polar surface area (TPSA) is 57.0 Å². The number of carbonyl (C=O) groups excluding carboxylic acids is 1. The van der Waals surface area contributed by atoms with Gasteiger partial charge in [-0.2, -0.15) is 0 Å². The van der Waals surface area contributed by atoms with Gasteiger partial charge >= 0.3 is 5.97 Å². The molecule has 3 aromatic rings. The molecular weight excluding hydrogens is 372 g/mol. The van der Waals surface area contributed by atoms with E-state index in [2.05, 4.69) is 10.2 Å². The molecule has 0 atom stereocenters. The van der Waals surface area contributed by atoms with E-state index in [0.29, 0.717) is 16.5 Å². The lowest BCUT2D eigenvalue weighted by Gasteiger charge is -2.12. The Kier molecular flexibility index (Phi) is 5.85. The molecule has 0 saturated carbocycles. The molecule has 8 heteroatoms. The normalized spacial score (nSPS) is 11.0. The lowest BCUT2D eigenvalue weighted by atomic mass is 10.2. The first-order valence-corrected chi connectivity index (χ1v) is 9.23. The van der Waals surface area contributed by atoms with Crippen molar-refractivity contribution in [2.45, 2.75) is 25.1 Å². The number of hydrogen-bond donors (Lipinski definition) is 0. The zero-order valence-electron chi connectivity index (χ0n) is 14.7. The number of carbonyl (C=O) groups is 1. The summed E-state index contributed by atoms with van der Waals surface area (Å²) in [5.74, 6) is -1.46. The number of thioether (sulfide) groups is 1. The molecule has 0 saturated heterocycles. The summed E-state index contributed by atoms with van der Waals surface area (Å²) in [5, 5.41) is 8.54.